The Kier molecular flexibility index (Phi) is 4.07. The molecule has 1 heterocycles. The van der Waals surface area contributed by atoms with Gasteiger partial charge in [0.2, 0.25) is 11.6 Å². The van der Waals surface area contributed by atoms with Crippen molar-refractivity contribution in [3.8, 4) is 11.6 Å². The van der Waals surface area contributed by atoms with Gasteiger partial charge in [-0.05, 0) is 24.1 Å². The fraction of sp³-hybridized carbons (Fsp3) is 0.154. The molecule has 0 amide bonds. The molecule has 108 valence electrons. The smallest absolute Gasteiger partial charge is 0.356 e. The molecule has 8 heteroatoms. The van der Waals surface area contributed by atoms with Crippen LogP contribution >= 0.6 is 0 Å². The first-order chi connectivity index (χ1) is 10.0. The van der Waals surface area contributed by atoms with Crippen molar-refractivity contribution in [3.63, 3.8) is 0 Å². The van der Waals surface area contributed by atoms with E-state index in [9.17, 15) is 14.9 Å². The second-order valence-electron chi connectivity index (χ2n) is 4.08. The van der Waals surface area contributed by atoms with Crippen LogP contribution in [0.3, 0.4) is 0 Å². The van der Waals surface area contributed by atoms with E-state index in [0.29, 0.717) is 6.42 Å². The zero-order valence-corrected chi connectivity index (χ0v) is 11.0. The molecule has 0 atom stereocenters. The molecule has 0 aliphatic heterocycles. The molecule has 1 aromatic carbocycles. The lowest BCUT2D eigenvalue weighted by Crippen LogP contribution is -2.02. The maximum Gasteiger partial charge on any atom is 0.356 e. The van der Waals surface area contributed by atoms with E-state index < -0.39 is 10.9 Å². The molecule has 0 aliphatic carbocycles. The molecule has 0 unspecified atom stereocenters. The van der Waals surface area contributed by atoms with E-state index in [1.165, 1.54) is 24.3 Å². The summed E-state index contributed by atoms with van der Waals surface area (Å²) in [5.41, 5.74) is 0.387. The number of nitro benzene ring substituents is 1. The molecule has 0 saturated carbocycles. The zero-order chi connectivity index (χ0) is 15.4. The Balaban J connectivity index is 2.30. The number of carbonyl (C=O) groups is 1. The fourth-order valence-corrected chi connectivity index (χ4v) is 1.61. The van der Waals surface area contributed by atoms with Gasteiger partial charge in [-0.25, -0.2) is 4.79 Å². The Morgan fingerprint density at radius 2 is 2.10 bits per heavy atom. The Morgan fingerprint density at radius 1 is 1.33 bits per heavy atom. The summed E-state index contributed by atoms with van der Waals surface area (Å²) in [6.45, 7) is 1.88. The first kappa shape index (κ1) is 14.4. The van der Waals surface area contributed by atoms with Crippen LogP contribution < -0.4 is 4.74 Å². The number of rotatable bonds is 5. The summed E-state index contributed by atoms with van der Waals surface area (Å²) in [4.78, 5) is 21.1. The molecule has 0 aliphatic rings. The van der Waals surface area contributed by atoms with Crippen molar-refractivity contribution in [2.45, 2.75) is 13.3 Å². The van der Waals surface area contributed by atoms with Crippen LogP contribution in [0.5, 0.6) is 11.6 Å². The molecule has 2 aromatic rings. The average molecular weight is 289 g/mol. The van der Waals surface area contributed by atoms with Gasteiger partial charge in [0.15, 0.2) is 5.69 Å². The van der Waals surface area contributed by atoms with Gasteiger partial charge in [0.05, 0.1) is 4.92 Å². The number of aryl methyl sites for hydroxylation is 1. The largest absolute Gasteiger partial charge is 0.476 e. The maximum absolute atomic E-state index is 11.0. The lowest BCUT2D eigenvalue weighted by atomic mass is 10.1. The van der Waals surface area contributed by atoms with Gasteiger partial charge < -0.3 is 9.84 Å². The van der Waals surface area contributed by atoms with Gasteiger partial charge in [0, 0.05) is 12.1 Å². The first-order valence-electron chi connectivity index (χ1n) is 6.03. The molecule has 2 rings (SSSR count). The number of aromatic carboxylic acids is 1. The molecule has 8 nitrogen and oxygen atoms in total. The average Bonchev–Trinajstić information content (AvgIpc) is 2.48. The van der Waals surface area contributed by atoms with Gasteiger partial charge in [-0.3, -0.25) is 10.1 Å². The molecule has 1 N–H and O–H groups in total. The van der Waals surface area contributed by atoms with E-state index >= 15 is 0 Å². The highest BCUT2D eigenvalue weighted by Gasteiger charge is 2.17. The first-order valence-corrected chi connectivity index (χ1v) is 6.03. The molecule has 0 spiro atoms. The number of benzene rings is 1. The third kappa shape index (κ3) is 3.30. The molecule has 0 bridgehead atoms. The van der Waals surface area contributed by atoms with Crippen molar-refractivity contribution in [3.05, 3.63) is 51.7 Å². The lowest BCUT2D eigenvalue weighted by Gasteiger charge is -2.06. The quantitative estimate of drug-likeness (QED) is 0.663. The highest BCUT2D eigenvalue weighted by Crippen LogP contribution is 2.31. The van der Waals surface area contributed by atoms with E-state index in [4.69, 9.17) is 9.84 Å². The highest BCUT2D eigenvalue weighted by atomic mass is 16.6. The van der Waals surface area contributed by atoms with Crippen molar-refractivity contribution in [1.29, 1.82) is 0 Å². The van der Waals surface area contributed by atoms with E-state index in [1.807, 2.05) is 6.92 Å². The second-order valence-corrected chi connectivity index (χ2v) is 4.08. The number of nitro groups is 1. The standard InChI is InChI=1S/C13H11N3O5/c1-2-8-3-5-11(10(7-8)16(19)20)21-12-6-4-9(13(17)18)14-15-12/h3-7H,2H2,1H3,(H,17,18). The van der Waals surface area contributed by atoms with Crippen molar-refractivity contribution in [2.75, 3.05) is 0 Å². The predicted molar refractivity (Wildman–Crippen MR) is 71.5 cm³/mol. The van der Waals surface area contributed by atoms with Crippen LogP contribution in [0, 0.1) is 10.1 Å². The number of nitrogens with zero attached hydrogens (tertiary/aromatic N) is 3. The van der Waals surface area contributed by atoms with Crippen LogP contribution in [0.1, 0.15) is 23.0 Å². The topological polar surface area (TPSA) is 115 Å². The monoisotopic (exact) mass is 289 g/mol. The van der Waals surface area contributed by atoms with Gasteiger partial charge >= 0.3 is 11.7 Å². The number of hydrogen-bond acceptors (Lipinski definition) is 6. The summed E-state index contributed by atoms with van der Waals surface area (Å²) in [7, 11) is 0. The molecule has 21 heavy (non-hydrogen) atoms. The van der Waals surface area contributed by atoms with Crippen molar-refractivity contribution < 1.29 is 19.6 Å². The van der Waals surface area contributed by atoms with Crippen LogP contribution in [0.25, 0.3) is 0 Å². The summed E-state index contributed by atoms with van der Waals surface area (Å²) in [6.07, 6.45) is 0.661. The lowest BCUT2D eigenvalue weighted by molar-refractivity contribution is -0.385. The zero-order valence-electron chi connectivity index (χ0n) is 11.0. The highest BCUT2D eigenvalue weighted by molar-refractivity contribution is 5.84. The van der Waals surface area contributed by atoms with Gasteiger partial charge in [-0.15, -0.1) is 10.2 Å². The minimum atomic E-state index is -1.22. The van der Waals surface area contributed by atoms with E-state index in [2.05, 4.69) is 10.2 Å². The number of hydrogen-bond donors (Lipinski definition) is 1. The van der Waals surface area contributed by atoms with Crippen LogP contribution in [0.15, 0.2) is 30.3 Å². The SMILES string of the molecule is CCc1ccc(Oc2ccc(C(=O)O)nn2)c([N+](=O)[O-])c1. The van der Waals surface area contributed by atoms with Crippen LogP contribution in [-0.4, -0.2) is 26.2 Å². The summed E-state index contributed by atoms with van der Waals surface area (Å²) in [6, 6.07) is 7.10. The third-order valence-corrected chi connectivity index (χ3v) is 2.70. The number of carboxylic acids is 1. The summed E-state index contributed by atoms with van der Waals surface area (Å²) in [5.74, 6) is -1.21. The number of aromatic nitrogens is 2. The van der Waals surface area contributed by atoms with Gasteiger partial charge in [0.25, 0.3) is 0 Å². The minimum Gasteiger partial charge on any atom is -0.476 e. The summed E-state index contributed by atoms with van der Waals surface area (Å²) < 4.78 is 5.30. The molecule has 0 radical (unpaired) electrons. The molecular formula is C13H11N3O5. The molecular weight excluding hydrogens is 278 g/mol. The van der Waals surface area contributed by atoms with Gasteiger partial charge in [-0.1, -0.05) is 13.0 Å². The normalized spacial score (nSPS) is 10.1. The van der Waals surface area contributed by atoms with Gasteiger partial charge in [-0.2, -0.15) is 0 Å². The Hall–Kier alpha value is -3.03. The Morgan fingerprint density at radius 3 is 2.62 bits per heavy atom. The summed E-state index contributed by atoms with van der Waals surface area (Å²) in [5, 5.41) is 26.7. The van der Waals surface area contributed by atoms with E-state index in [1.54, 1.807) is 6.07 Å². The van der Waals surface area contributed by atoms with E-state index in [-0.39, 0.29) is 23.0 Å². The summed E-state index contributed by atoms with van der Waals surface area (Å²) >= 11 is 0. The van der Waals surface area contributed by atoms with Crippen molar-refractivity contribution >= 4 is 11.7 Å². The Bertz CT molecular complexity index is 685. The van der Waals surface area contributed by atoms with Crippen LogP contribution in [0.4, 0.5) is 5.69 Å². The van der Waals surface area contributed by atoms with Crippen LogP contribution in [-0.2, 0) is 6.42 Å². The van der Waals surface area contributed by atoms with Crippen molar-refractivity contribution in [2.24, 2.45) is 0 Å². The van der Waals surface area contributed by atoms with Crippen LogP contribution in [0.2, 0.25) is 0 Å². The Labute approximate surface area is 119 Å². The fourth-order valence-electron chi connectivity index (χ4n) is 1.61. The van der Waals surface area contributed by atoms with Gasteiger partial charge in [0.1, 0.15) is 0 Å². The number of carboxylic acid groups (broad SMARTS) is 1. The van der Waals surface area contributed by atoms with E-state index in [0.717, 1.165) is 5.56 Å². The molecule has 1 aromatic heterocycles. The minimum absolute atomic E-state index is 0.0210. The molecule has 0 saturated heterocycles. The maximum atomic E-state index is 11.0. The second kappa shape index (κ2) is 5.95. The predicted octanol–water partition coefficient (Wildman–Crippen LogP) is 2.44. The van der Waals surface area contributed by atoms with Crippen molar-refractivity contribution in [1.82, 2.24) is 10.2 Å². The molecule has 0 fully saturated rings. The number of ether oxygens (including phenoxy) is 1. The third-order valence-electron chi connectivity index (χ3n) is 2.70.